The number of rotatable bonds is 3. The molecule has 27 heavy (non-hydrogen) atoms. The minimum absolute atomic E-state index is 0.254. The number of allylic oxidation sites excluding steroid dienone is 1. The minimum atomic E-state index is -0.412. The van der Waals surface area contributed by atoms with Crippen LogP contribution in [0, 0.1) is 0 Å². The van der Waals surface area contributed by atoms with E-state index in [-0.39, 0.29) is 17.7 Å². The first-order chi connectivity index (χ1) is 12.8. The van der Waals surface area contributed by atoms with Crippen LogP contribution in [0.4, 0.5) is 5.69 Å². The lowest BCUT2D eigenvalue weighted by Gasteiger charge is -2.24. The molecule has 2 aliphatic rings. The second kappa shape index (κ2) is 5.91. The summed E-state index contributed by atoms with van der Waals surface area (Å²) in [7, 11) is 1.93. The average molecular weight is 360 g/mol. The molecule has 136 valence electrons. The van der Waals surface area contributed by atoms with Gasteiger partial charge in [-0.2, -0.15) is 0 Å². The summed E-state index contributed by atoms with van der Waals surface area (Å²) in [6.45, 7) is 3.88. The highest BCUT2D eigenvalue weighted by molar-refractivity contribution is 6.22. The zero-order valence-electron chi connectivity index (χ0n) is 15.5. The van der Waals surface area contributed by atoms with Gasteiger partial charge in [-0.3, -0.25) is 19.3 Å². The number of anilines is 1. The second-order valence-corrected chi connectivity index (χ2v) is 7.44. The van der Waals surface area contributed by atoms with E-state index < -0.39 is 11.8 Å². The lowest BCUT2D eigenvalue weighted by molar-refractivity contribution is -0.115. The molecule has 0 radical (unpaired) electrons. The van der Waals surface area contributed by atoms with Crippen molar-refractivity contribution in [2.45, 2.75) is 19.3 Å². The van der Waals surface area contributed by atoms with Crippen LogP contribution < -0.4 is 4.90 Å². The Morgan fingerprint density at radius 1 is 0.963 bits per heavy atom. The average Bonchev–Trinajstić information content (AvgIpc) is 3.01. The van der Waals surface area contributed by atoms with Crippen molar-refractivity contribution in [3.63, 3.8) is 0 Å². The van der Waals surface area contributed by atoms with E-state index in [4.69, 9.17) is 0 Å². The number of hydrogen-bond acceptors (Lipinski definition) is 4. The van der Waals surface area contributed by atoms with Crippen LogP contribution >= 0.6 is 0 Å². The number of carbonyl (C=O) groups excluding carboxylic acids is 3. The zero-order valence-corrected chi connectivity index (χ0v) is 15.5. The largest absolute Gasteiger partial charge is 0.347 e. The molecule has 5 nitrogen and oxygen atoms in total. The Labute approximate surface area is 157 Å². The van der Waals surface area contributed by atoms with E-state index in [2.05, 4.69) is 19.9 Å². The van der Waals surface area contributed by atoms with E-state index in [1.165, 1.54) is 0 Å². The van der Waals surface area contributed by atoms with Crippen LogP contribution in [-0.4, -0.2) is 36.1 Å². The Morgan fingerprint density at radius 3 is 2.11 bits per heavy atom. The van der Waals surface area contributed by atoms with Gasteiger partial charge in [-0.25, -0.2) is 0 Å². The summed E-state index contributed by atoms with van der Waals surface area (Å²) in [6, 6.07) is 14.7. The van der Waals surface area contributed by atoms with Gasteiger partial charge < -0.3 is 4.90 Å². The van der Waals surface area contributed by atoms with Crippen molar-refractivity contribution >= 4 is 23.3 Å². The highest BCUT2D eigenvalue weighted by Gasteiger charge is 2.40. The third kappa shape index (κ3) is 2.50. The molecule has 0 bridgehead atoms. The van der Waals surface area contributed by atoms with E-state index in [9.17, 15) is 14.4 Å². The molecule has 0 N–H and O–H groups in total. The van der Waals surface area contributed by atoms with Crippen molar-refractivity contribution in [3.8, 4) is 0 Å². The van der Waals surface area contributed by atoms with Crippen LogP contribution in [0.15, 0.2) is 60.3 Å². The van der Waals surface area contributed by atoms with E-state index >= 15 is 0 Å². The summed E-state index contributed by atoms with van der Waals surface area (Å²) in [5.41, 5.74) is 3.44. The Balaban J connectivity index is 1.61. The van der Waals surface area contributed by atoms with Gasteiger partial charge in [0.25, 0.3) is 11.8 Å². The molecule has 0 spiro atoms. The molecular formula is C22H20N2O3. The predicted molar refractivity (Wildman–Crippen MR) is 103 cm³/mol. The molecule has 0 aliphatic carbocycles. The number of fused-ring (bicyclic) bond motifs is 2. The van der Waals surface area contributed by atoms with Crippen molar-refractivity contribution in [1.82, 2.24) is 4.90 Å². The molecule has 0 saturated carbocycles. The Hall–Kier alpha value is -3.21. The molecule has 5 heteroatoms. The number of imide groups is 1. The van der Waals surface area contributed by atoms with Crippen LogP contribution in [0.5, 0.6) is 0 Å². The Kier molecular flexibility index (Phi) is 3.77. The van der Waals surface area contributed by atoms with E-state index in [1.54, 1.807) is 30.3 Å². The molecule has 0 aromatic heterocycles. The molecule has 2 aliphatic heterocycles. The van der Waals surface area contributed by atoms with Gasteiger partial charge in [-0.15, -0.1) is 0 Å². The SMILES string of the molecule is CN1/C(=C\C(=O)CN2C(=O)c3ccccc3C2=O)C(C)(C)c2ccccc21. The smallest absolute Gasteiger partial charge is 0.261 e. The van der Waals surface area contributed by atoms with Gasteiger partial charge in [0.15, 0.2) is 5.78 Å². The number of carbonyl (C=O) groups is 3. The van der Waals surface area contributed by atoms with Gasteiger partial charge in [-0.1, -0.05) is 44.2 Å². The van der Waals surface area contributed by atoms with Crippen LogP contribution in [0.25, 0.3) is 0 Å². The molecule has 0 fully saturated rings. The Bertz CT molecular complexity index is 985. The number of amides is 2. The maximum atomic E-state index is 12.7. The fourth-order valence-electron chi connectivity index (χ4n) is 4.00. The minimum Gasteiger partial charge on any atom is -0.347 e. The van der Waals surface area contributed by atoms with Crippen molar-refractivity contribution in [1.29, 1.82) is 0 Å². The monoisotopic (exact) mass is 360 g/mol. The second-order valence-electron chi connectivity index (χ2n) is 7.44. The molecule has 2 amide bonds. The number of ketones is 1. The zero-order chi connectivity index (χ0) is 19.3. The predicted octanol–water partition coefficient (Wildman–Crippen LogP) is 3.16. The maximum absolute atomic E-state index is 12.7. The first-order valence-corrected chi connectivity index (χ1v) is 8.86. The van der Waals surface area contributed by atoms with E-state index in [0.717, 1.165) is 21.8 Å². The Morgan fingerprint density at radius 2 is 1.52 bits per heavy atom. The molecular weight excluding hydrogens is 340 g/mol. The standard InChI is InChI=1S/C22H20N2O3/c1-22(2)17-10-6-7-11-18(17)23(3)19(22)12-14(25)13-24-20(26)15-8-4-5-9-16(15)21(24)27/h4-12H,13H2,1-3H3/b19-12-. The molecule has 0 atom stereocenters. The van der Waals surface area contributed by atoms with Gasteiger partial charge in [0.2, 0.25) is 0 Å². The quantitative estimate of drug-likeness (QED) is 0.623. The number of benzene rings is 2. The molecule has 0 unspecified atom stereocenters. The molecule has 2 heterocycles. The summed E-state index contributed by atoms with van der Waals surface area (Å²) in [6.07, 6.45) is 1.56. The molecule has 2 aromatic rings. The van der Waals surface area contributed by atoms with Crippen molar-refractivity contribution < 1.29 is 14.4 Å². The van der Waals surface area contributed by atoms with Crippen molar-refractivity contribution in [2.24, 2.45) is 0 Å². The summed E-state index contributed by atoms with van der Waals surface area (Å²) in [4.78, 5) is 40.7. The van der Waals surface area contributed by atoms with Gasteiger partial charge >= 0.3 is 0 Å². The van der Waals surface area contributed by atoms with E-state index in [1.807, 2.05) is 30.1 Å². The first-order valence-electron chi connectivity index (χ1n) is 8.86. The van der Waals surface area contributed by atoms with Gasteiger partial charge in [0.1, 0.15) is 0 Å². The lowest BCUT2D eigenvalue weighted by Crippen LogP contribution is -2.35. The van der Waals surface area contributed by atoms with Crippen molar-refractivity contribution in [2.75, 3.05) is 18.5 Å². The highest BCUT2D eigenvalue weighted by atomic mass is 16.2. The topological polar surface area (TPSA) is 57.7 Å². The highest BCUT2D eigenvalue weighted by Crippen LogP contribution is 2.46. The summed E-state index contributed by atoms with van der Waals surface area (Å²) in [5.74, 6) is -1.10. The van der Waals surface area contributed by atoms with Gasteiger partial charge in [-0.05, 0) is 23.8 Å². The van der Waals surface area contributed by atoms with E-state index in [0.29, 0.717) is 11.1 Å². The van der Waals surface area contributed by atoms with Gasteiger partial charge in [0, 0.05) is 29.9 Å². The number of likely N-dealkylation sites (N-methyl/N-ethyl adjacent to an activating group) is 1. The molecule has 4 rings (SSSR count). The third-order valence-corrected chi connectivity index (χ3v) is 5.43. The van der Waals surface area contributed by atoms with Crippen LogP contribution in [0.3, 0.4) is 0 Å². The number of para-hydroxylation sites is 1. The number of nitrogens with zero attached hydrogens (tertiary/aromatic N) is 2. The molecule has 0 saturated heterocycles. The fraction of sp³-hybridized carbons (Fsp3) is 0.227. The third-order valence-electron chi connectivity index (χ3n) is 5.43. The lowest BCUT2D eigenvalue weighted by atomic mass is 9.83. The van der Waals surface area contributed by atoms with Crippen LogP contribution in [-0.2, 0) is 10.2 Å². The summed E-state index contributed by atoms with van der Waals surface area (Å²) in [5, 5.41) is 0. The van der Waals surface area contributed by atoms with Crippen molar-refractivity contribution in [3.05, 3.63) is 77.0 Å². The first kappa shape index (κ1) is 17.2. The molecule has 2 aromatic carbocycles. The van der Waals surface area contributed by atoms with Gasteiger partial charge in [0.05, 0.1) is 17.7 Å². The summed E-state index contributed by atoms with van der Waals surface area (Å²) < 4.78 is 0. The maximum Gasteiger partial charge on any atom is 0.261 e. The number of hydrogen-bond donors (Lipinski definition) is 0. The van der Waals surface area contributed by atoms with Crippen LogP contribution in [0.1, 0.15) is 40.1 Å². The normalized spacial score (nSPS) is 18.9. The fourth-order valence-corrected chi connectivity index (χ4v) is 4.00. The summed E-state index contributed by atoms with van der Waals surface area (Å²) >= 11 is 0. The van der Waals surface area contributed by atoms with Crippen LogP contribution in [0.2, 0.25) is 0 Å².